The minimum atomic E-state index is 0.658. The molecule has 0 heterocycles. The molecule has 0 bridgehead atoms. The molecule has 0 N–H and O–H groups in total. The number of benzene rings is 2. The van der Waals surface area contributed by atoms with Crippen LogP contribution < -0.4 is 4.74 Å². The highest BCUT2D eigenvalue weighted by Crippen LogP contribution is 2.53. The van der Waals surface area contributed by atoms with Crippen LogP contribution >= 0.6 is 0 Å². The van der Waals surface area contributed by atoms with Crippen LogP contribution in [0.5, 0.6) is 5.75 Å². The van der Waals surface area contributed by atoms with E-state index in [0.29, 0.717) is 11.3 Å². The lowest BCUT2D eigenvalue weighted by molar-refractivity contribution is 0.0409. The van der Waals surface area contributed by atoms with E-state index in [1.54, 1.807) is 5.56 Å². The number of ether oxygens (including phenoxy) is 1. The monoisotopic (exact) mass is 502 g/mol. The predicted molar refractivity (Wildman–Crippen MR) is 161 cm³/mol. The highest BCUT2D eigenvalue weighted by Gasteiger charge is 2.41. The molecule has 0 aromatic heterocycles. The van der Waals surface area contributed by atoms with Gasteiger partial charge in [-0.2, -0.15) is 0 Å². The lowest BCUT2D eigenvalue weighted by Crippen LogP contribution is -2.36. The van der Waals surface area contributed by atoms with Crippen LogP contribution in [0.4, 0.5) is 0 Å². The maximum atomic E-state index is 5.86. The van der Waals surface area contributed by atoms with E-state index in [-0.39, 0.29) is 0 Å². The van der Waals surface area contributed by atoms with E-state index in [9.17, 15) is 0 Å². The van der Waals surface area contributed by atoms with Gasteiger partial charge in [0.1, 0.15) is 5.75 Å². The summed E-state index contributed by atoms with van der Waals surface area (Å²) in [5.74, 6) is 3.48. The third kappa shape index (κ3) is 7.21. The van der Waals surface area contributed by atoms with Crippen molar-refractivity contribution in [3.05, 3.63) is 53.6 Å². The summed E-state index contributed by atoms with van der Waals surface area (Å²) in [4.78, 5) is 0. The Morgan fingerprint density at radius 1 is 0.838 bits per heavy atom. The molecule has 2 aromatic carbocycles. The van der Waals surface area contributed by atoms with Gasteiger partial charge in [-0.1, -0.05) is 96.0 Å². The summed E-state index contributed by atoms with van der Waals surface area (Å²) in [6.07, 6.45) is 21.4. The van der Waals surface area contributed by atoms with Crippen molar-refractivity contribution in [3.8, 4) is 16.9 Å². The van der Waals surface area contributed by atoms with Gasteiger partial charge < -0.3 is 4.74 Å². The minimum Gasteiger partial charge on any atom is -0.494 e. The van der Waals surface area contributed by atoms with Crippen molar-refractivity contribution >= 4 is 0 Å². The molecule has 0 amide bonds. The van der Waals surface area contributed by atoms with Gasteiger partial charge in [-0.15, -0.1) is 0 Å². The first-order chi connectivity index (χ1) is 18.1. The first-order valence-electron chi connectivity index (χ1n) is 15.9. The molecule has 204 valence electrons. The number of aryl methyl sites for hydroxylation is 1. The van der Waals surface area contributed by atoms with E-state index in [1.165, 1.54) is 107 Å². The molecule has 4 rings (SSSR count). The van der Waals surface area contributed by atoms with E-state index >= 15 is 0 Å². The lowest BCUT2D eigenvalue weighted by Gasteiger charge is -2.47. The smallest absolute Gasteiger partial charge is 0.119 e. The Morgan fingerprint density at radius 2 is 1.54 bits per heavy atom. The molecular weight excluding hydrogens is 448 g/mol. The Labute approximate surface area is 228 Å². The molecule has 2 saturated carbocycles. The SMILES string of the molecule is CCCCCC1(C2CCC(C(C)c3ccc(-c4ccc(OCCCC)cc4)c(C)c3)CC2)CCCCC1. The van der Waals surface area contributed by atoms with Gasteiger partial charge in [-0.3, -0.25) is 0 Å². The summed E-state index contributed by atoms with van der Waals surface area (Å²) >= 11 is 0. The van der Waals surface area contributed by atoms with Gasteiger partial charge in [-0.05, 0) is 116 Å². The van der Waals surface area contributed by atoms with Gasteiger partial charge >= 0.3 is 0 Å². The molecule has 0 spiro atoms. The van der Waals surface area contributed by atoms with Crippen LogP contribution in [0.2, 0.25) is 0 Å². The quantitative estimate of drug-likeness (QED) is 0.262. The third-order valence-corrected chi connectivity index (χ3v) is 10.2. The second kappa shape index (κ2) is 13.9. The fourth-order valence-corrected chi connectivity index (χ4v) is 7.71. The zero-order valence-corrected chi connectivity index (χ0v) is 24.5. The number of rotatable bonds is 12. The van der Waals surface area contributed by atoms with Crippen molar-refractivity contribution in [2.75, 3.05) is 6.61 Å². The van der Waals surface area contributed by atoms with Gasteiger partial charge in [0.15, 0.2) is 0 Å². The zero-order valence-electron chi connectivity index (χ0n) is 24.5. The van der Waals surface area contributed by atoms with Crippen LogP contribution in [-0.2, 0) is 0 Å². The summed E-state index contributed by atoms with van der Waals surface area (Å²) < 4.78 is 5.86. The number of unbranched alkanes of at least 4 members (excludes halogenated alkanes) is 3. The highest BCUT2D eigenvalue weighted by molar-refractivity contribution is 5.68. The van der Waals surface area contributed by atoms with Crippen LogP contribution in [0.25, 0.3) is 11.1 Å². The Bertz CT molecular complexity index is 928. The van der Waals surface area contributed by atoms with E-state index in [0.717, 1.165) is 30.6 Å². The van der Waals surface area contributed by atoms with E-state index in [4.69, 9.17) is 4.74 Å². The van der Waals surface area contributed by atoms with Gasteiger partial charge in [0.25, 0.3) is 0 Å². The molecule has 1 nitrogen and oxygen atoms in total. The molecule has 1 heteroatoms. The van der Waals surface area contributed by atoms with Crippen LogP contribution in [0, 0.1) is 24.2 Å². The first kappa shape index (κ1) is 28.3. The van der Waals surface area contributed by atoms with Crippen molar-refractivity contribution in [3.63, 3.8) is 0 Å². The third-order valence-electron chi connectivity index (χ3n) is 10.2. The molecule has 0 saturated heterocycles. The summed E-state index contributed by atoms with van der Waals surface area (Å²) in [5.41, 5.74) is 6.28. The highest BCUT2D eigenvalue weighted by atomic mass is 16.5. The van der Waals surface area contributed by atoms with Gasteiger partial charge in [0.2, 0.25) is 0 Å². The van der Waals surface area contributed by atoms with Crippen molar-refractivity contribution < 1.29 is 4.74 Å². The summed E-state index contributed by atoms with van der Waals surface area (Å²) in [6.45, 7) is 10.2. The molecule has 1 unspecified atom stereocenters. The molecule has 0 radical (unpaired) electrons. The zero-order chi connectivity index (χ0) is 26.1. The van der Waals surface area contributed by atoms with E-state index < -0.39 is 0 Å². The molecule has 37 heavy (non-hydrogen) atoms. The number of hydrogen-bond donors (Lipinski definition) is 0. The Hall–Kier alpha value is -1.76. The average Bonchev–Trinajstić information content (AvgIpc) is 2.94. The minimum absolute atomic E-state index is 0.658. The van der Waals surface area contributed by atoms with Crippen molar-refractivity contribution in [1.82, 2.24) is 0 Å². The number of hydrogen-bond acceptors (Lipinski definition) is 1. The van der Waals surface area contributed by atoms with Gasteiger partial charge in [-0.25, -0.2) is 0 Å². The fourth-order valence-electron chi connectivity index (χ4n) is 7.71. The lowest BCUT2D eigenvalue weighted by atomic mass is 9.58. The van der Waals surface area contributed by atoms with Crippen LogP contribution in [0.15, 0.2) is 42.5 Å². The maximum absolute atomic E-state index is 5.86. The van der Waals surface area contributed by atoms with E-state index in [2.05, 4.69) is 70.2 Å². The van der Waals surface area contributed by atoms with Crippen LogP contribution in [-0.4, -0.2) is 6.61 Å². The molecular formula is C36H54O. The summed E-state index contributed by atoms with van der Waals surface area (Å²) in [6, 6.07) is 15.9. The Morgan fingerprint density at radius 3 is 2.19 bits per heavy atom. The van der Waals surface area contributed by atoms with Crippen molar-refractivity contribution in [2.24, 2.45) is 17.3 Å². The fraction of sp³-hybridized carbons (Fsp3) is 0.667. The molecule has 2 aliphatic rings. The standard InChI is InChI=1S/C36H54O/c1-5-7-10-23-36(24-11-9-12-25-36)33-18-13-30(14-19-33)29(4)32-17-22-35(28(3)27-32)31-15-20-34(21-16-31)37-26-8-6-2/h15-17,20-22,27,29-30,33H,5-14,18-19,23-26H2,1-4H3. The summed E-state index contributed by atoms with van der Waals surface area (Å²) in [5, 5.41) is 0. The van der Waals surface area contributed by atoms with Crippen molar-refractivity contribution in [2.45, 2.75) is 130 Å². The molecule has 2 aliphatic carbocycles. The molecule has 0 aliphatic heterocycles. The average molecular weight is 503 g/mol. The summed E-state index contributed by atoms with van der Waals surface area (Å²) in [7, 11) is 0. The molecule has 1 atom stereocenters. The van der Waals surface area contributed by atoms with E-state index in [1.807, 2.05) is 0 Å². The van der Waals surface area contributed by atoms with Crippen LogP contribution in [0.1, 0.15) is 134 Å². The topological polar surface area (TPSA) is 9.23 Å². The molecule has 2 aromatic rings. The Balaban J connectivity index is 1.36. The van der Waals surface area contributed by atoms with Gasteiger partial charge in [0, 0.05) is 0 Å². The predicted octanol–water partition coefficient (Wildman–Crippen LogP) is 11.3. The Kier molecular flexibility index (Phi) is 10.6. The van der Waals surface area contributed by atoms with Crippen molar-refractivity contribution in [1.29, 1.82) is 0 Å². The first-order valence-corrected chi connectivity index (χ1v) is 15.9. The molecule has 2 fully saturated rings. The van der Waals surface area contributed by atoms with Gasteiger partial charge in [0.05, 0.1) is 6.61 Å². The largest absolute Gasteiger partial charge is 0.494 e. The second-order valence-electron chi connectivity index (χ2n) is 12.6. The van der Waals surface area contributed by atoms with Crippen LogP contribution in [0.3, 0.4) is 0 Å². The normalized spacial score (nSPS) is 22.5. The second-order valence-corrected chi connectivity index (χ2v) is 12.6. The maximum Gasteiger partial charge on any atom is 0.119 e.